The third-order valence-electron chi connectivity index (χ3n) is 2.14. The van der Waals surface area contributed by atoms with Crippen LogP contribution in [0.1, 0.15) is 0 Å². The lowest BCUT2D eigenvalue weighted by molar-refractivity contribution is 0.552. The number of hydrogen-bond donors (Lipinski definition) is 0. The first-order valence-electron chi connectivity index (χ1n) is 3.98. The molecular weight excluding hydrogens is 205 g/mol. The van der Waals surface area contributed by atoms with Gasteiger partial charge in [0.1, 0.15) is 0 Å². The van der Waals surface area contributed by atoms with E-state index in [0.29, 0.717) is 5.39 Å². The zero-order valence-corrected chi connectivity index (χ0v) is 8.25. The van der Waals surface area contributed by atoms with Gasteiger partial charge < -0.3 is 4.57 Å². The molecule has 2 aromatic rings. The van der Waals surface area contributed by atoms with Crippen LogP contribution >= 0.6 is 0 Å². The minimum absolute atomic E-state index is 0.295. The molecule has 0 aliphatic carbocycles. The Balaban J connectivity index is 2.76. The molecule has 0 saturated carbocycles. The second kappa shape index (κ2) is 2.81. The van der Waals surface area contributed by atoms with Crippen molar-refractivity contribution in [1.29, 1.82) is 0 Å². The summed E-state index contributed by atoms with van der Waals surface area (Å²) in [5.74, 6) is 0. The van der Waals surface area contributed by atoms with E-state index in [1.54, 1.807) is 18.3 Å². The Morgan fingerprint density at radius 3 is 2.64 bits per heavy atom. The molecule has 1 aromatic carbocycles. The molecule has 5 heteroatoms. The summed E-state index contributed by atoms with van der Waals surface area (Å²) in [6.45, 7) is 0. The average Bonchev–Trinajstić information content (AvgIpc) is 2.46. The third kappa shape index (κ3) is 1.39. The van der Waals surface area contributed by atoms with Crippen LogP contribution in [0.4, 0.5) is 3.89 Å². The molecule has 1 aromatic heterocycles. The van der Waals surface area contributed by atoms with Gasteiger partial charge in [-0.2, -0.15) is 8.42 Å². The molecule has 1 heterocycles. The van der Waals surface area contributed by atoms with Gasteiger partial charge in [0.2, 0.25) is 0 Å². The Hall–Kier alpha value is -1.36. The van der Waals surface area contributed by atoms with Crippen molar-refractivity contribution in [3.63, 3.8) is 0 Å². The van der Waals surface area contributed by atoms with Crippen LogP contribution in [0.25, 0.3) is 10.9 Å². The monoisotopic (exact) mass is 213 g/mol. The summed E-state index contributed by atoms with van der Waals surface area (Å²) in [6.07, 6.45) is 1.79. The van der Waals surface area contributed by atoms with Crippen molar-refractivity contribution in [2.75, 3.05) is 0 Å². The number of nitrogens with zero attached hydrogens (tertiary/aromatic N) is 1. The van der Waals surface area contributed by atoms with Crippen molar-refractivity contribution in [1.82, 2.24) is 4.57 Å². The lowest BCUT2D eigenvalue weighted by Gasteiger charge is -1.97. The van der Waals surface area contributed by atoms with Crippen molar-refractivity contribution in [2.24, 2.45) is 7.05 Å². The fraction of sp³-hybridized carbons (Fsp3) is 0.111. The first-order valence-corrected chi connectivity index (χ1v) is 5.36. The number of hydrogen-bond acceptors (Lipinski definition) is 2. The van der Waals surface area contributed by atoms with Crippen LogP contribution in [-0.4, -0.2) is 13.0 Å². The fourth-order valence-electron chi connectivity index (χ4n) is 1.41. The maximum atomic E-state index is 12.6. The van der Waals surface area contributed by atoms with Gasteiger partial charge in [-0.05, 0) is 24.3 Å². The Bertz CT molecular complexity index is 586. The van der Waals surface area contributed by atoms with Gasteiger partial charge in [-0.15, -0.1) is 3.89 Å². The first kappa shape index (κ1) is 9.21. The molecule has 0 amide bonds. The average molecular weight is 213 g/mol. The maximum Gasteiger partial charge on any atom is 0.332 e. The number of halogens is 1. The highest BCUT2D eigenvalue weighted by Gasteiger charge is 2.12. The molecule has 0 N–H and O–H groups in total. The van der Waals surface area contributed by atoms with Gasteiger partial charge in [0.15, 0.2) is 0 Å². The highest BCUT2D eigenvalue weighted by Crippen LogP contribution is 2.20. The molecule has 14 heavy (non-hydrogen) atoms. The summed E-state index contributed by atoms with van der Waals surface area (Å²) in [5, 5.41) is 0.714. The smallest absolute Gasteiger partial charge is 0.332 e. The normalized spacial score (nSPS) is 12.1. The van der Waals surface area contributed by atoms with Crippen molar-refractivity contribution in [3.05, 3.63) is 30.5 Å². The number of aromatic nitrogens is 1. The molecule has 0 aliphatic heterocycles. The summed E-state index contributed by atoms with van der Waals surface area (Å²) >= 11 is 0. The molecule has 0 unspecified atom stereocenters. The van der Waals surface area contributed by atoms with E-state index in [1.165, 1.54) is 12.1 Å². The van der Waals surface area contributed by atoms with Crippen LogP contribution in [0, 0.1) is 0 Å². The highest BCUT2D eigenvalue weighted by atomic mass is 32.3. The summed E-state index contributed by atoms with van der Waals surface area (Å²) in [7, 11) is -2.76. The van der Waals surface area contributed by atoms with E-state index in [9.17, 15) is 12.3 Å². The molecule has 0 atom stereocenters. The van der Waals surface area contributed by atoms with E-state index in [-0.39, 0.29) is 4.90 Å². The summed E-state index contributed by atoms with van der Waals surface area (Å²) < 4.78 is 35.7. The molecular formula is C9H8FNO2S. The van der Waals surface area contributed by atoms with Crippen LogP contribution in [0.2, 0.25) is 0 Å². The van der Waals surface area contributed by atoms with Crippen molar-refractivity contribution >= 4 is 21.1 Å². The minimum atomic E-state index is -4.59. The molecule has 0 aliphatic rings. The largest absolute Gasteiger partial charge is 0.351 e. The highest BCUT2D eigenvalue weighted by molar-refractivity contribution is 7.86. The van der Waals surface area contributed by atoms with Gasteiger partial charge in [-0.3, -0.25) is 0 Å². The van der Waals surface area contributed by atoms with E-state index in [0.717, 1.165) is 5.52 Å². The second-order valence-electron chi connectivity index (χ2n) is 3.09. The molecule has 74 valence electrons. The lowest BCUT2D eigenvalue weighted by atomic mass is 10.2. The summed E-state index contributed by atoms with van der Waals surface area (Å²) in [6, 6.07) is 5.91. The standard InChI is InChI=1S/C9H8FNO2S/c1-11-5-4-7-6-8(14(10,12)13)2-3-9(7)11/h2-6H,1H3. The fourth-order valence-corrected chi connectivity index (χ4v) is 1.91. The van der Waals surface area contributed by atoms with E-state index < -0.39 is 10.2 Å². The van der Waals surface area contributed by atoms with Crippen LogP contribution < -0.4 is 0 Å². The van der Waals surface area contributed by atoms with Crippen LogP contribution in [0.3, 0.4) is 0 Å². The van der Waals surface area contributed by atoms with E-state index >= 15 is 0 Å². The SMILES string of the molecule is Cn1ccc2cc(S(=O)(=O)F)ccc21. The van der Waals surface area contributed by atoms with Gasteiger partial charge in [0.25, 0.3) is 0 Å². The Labute approximate surface area is 81.0 Å². The Morgan fingerprint density at radius 2 is 2.00 bits per heavy atom. The van der Waals surface area contributed by atoms with Crippen molar-refractivity contribution in [3.8, 4) is 0 Å². The zero-order chi connectivity index (χ0) is 10.3. The van der Waals surface area contributed by atoms with Gasteiger partial charge in [0.05, 0.1) is 4.90 Å². The maximum absolute atomic E-state index is 12.6. The van der Waals surface area contributed by atoms with Gasteiger partial charge in [0, 0.05) is 24.1 Å². The van der Waals surface area contributed by atoms with Crippen LogP contribution in [-0.2, 0) is 17.3 Å². The number of fused-ring (bicyclic) bond motifs is 1. The minimum Gasteiger partial charge on any atom is -0.351 e. The summed E-state index contributed by atoms with van der Waals surface area (Å²) in [4.78, 5) is -0.295. The molecule has 0 radical (unpaired) electrons. The van der Waals surface area contributed by atoms with E-state index in [2.05, 4.69) is 0 Å². The number of benzene rings is 1. The van der Waals surface area contributed by atoms with Gasteiger partial charge in [-0.25, -0.2) is 0 Å². The lowest BCUT2D eigenvalue weighted by Crippen LogP contribution is -1.91. The molecule has 3 nitrogen and oxygen atoms in total. The third-order valence-corrected chi connectivity index (χ3v) is 2.96. The molecule has 0 saturated heterocycles. The predicted octanol–water partition coefficient (Wildman–Crippen LogP) is 1.84. The topological polar surface area (TPSA) is 39.1 Å². The van der Waals surface area contributed by atoms with Crippen LogP contribution in [0.5, 0.6) is 0 Å². The Morgan fingerprint density at radius 1 is 1.29 bits per heavy atom. The van der Waals surface area contributed by atoms with E-state index in [4.69, 9.17) is 0 Å². The zero-order valence-electron chi connectivity index (χ0n) is 7.44. The van der Waals surface area contributed by atoms with Crippen molar-refractivity contribution < 1.29 is 12.3 Å². The summed E-state index contributed by atoms with van der Waals surface area (Å²) in [5.41, 5.74) is 0.873. The van der Waals surface area contributed by atoms with Crippen LogP contribution in [0.15, 0.2) is 35.4 Å². The molecule has 0 bridgehead atoms. The van der Waals surface area contributed by atoms with Gasteiger partial charge in [-0.1, -0.05) is 0 Å². The predicted molar refractivity (Wildman–Crippen MR) is 51.2 cm³/mol. The number of aryl methyl sites for hydroxylation is 1. The first-order chi connectivity index (χ1) is 6.48. The van der Waals surface area contributed by atoms with Crippen molar-refractivity contribution in [2.45, 2.75) is 4.90 Å². The van der Waals surface area contributed by atoms with Gasteiger partial charge >= 0.3 is 10.2 Å². The molecule has 2 rings (SSSR count). The molecule has 0 spiro atoms. The molecule has 0 fully saturated rings. The quantitative estimate of drug-likeness (QED) is 0.678. The number of rotatable bonds is 1. The van der Waals surface area contributed by atoms with E-state index in [1.807, 2.05) is 11.6 Å². The second-order valence-corrected chi connectivity index (χ2v) is 4.43. The Kier molecular flexibility index (Phi) is 1.85.